The lowest BCUT2D eigenvalue weighted by Gasteiger charge is -2.18. The van der Waals surface area contributed by atoms with E-state index in [1.807, 2.05) is 0 Å². The third-order valence-electron chi connectivity index (χ3n) is 1.09. The highest BCUT2D eigenvalue weighted by atomic mass is 14.7. The van der Waals surface area contributed by atoms with Gasteiger partial charge < -0.3 is 10.7 Å². The molecule has 0 atom stereocenters. The first-order valence-corrected chi connectivity index (χ1v) is 2.75. The van der Waals surface area contributed by atoms with Crippen molar-refractivity contribution in [3.05, 3.63) is 0 Å². The standard InChI is InChI=1S/C6H14N2/c1-6(2,4-7)5-8-3/h3-5,7H2,1-2H3. The second-order valence-corrected chi connectivity index (χ2v) is 2.75. The fourth-order valence-electron chi connectivity index (χ4n) is 0.367. The average molecular weight is 114 g/mol. The Hall–Kier alpha value is -0.370. The molecule has 0 saturated carbocycles. The average Bonchev–Trinajstić information content (AvgIpc) is 1.67. The van der Waals surface area contributed by atoms with Crippen LogP contribution in [0.4, 0.5) is 0 Å². The maximum Gasteiger partial charge on any atom is 0.0445 e. The molecule has 0 amide bonds. The Bertz CT molecular complexity index is 76.6. The molecule has 0 aromatic carbocycles. The Morgan fingerprint density at radius 2 is 2.12 bits per heavy atom. The minimum Gasteiger partial charge on any atom is -0.330 e. The van der Waals surface area contributed by atoms with E-state index in [1.54, 1.807) is 0 Å². The summed E-state index contributed by atoms with van der Waals surface area (Å²) in [5.74, 6) is 0. The monoisotopic (exact) mass is 114 g/mol. The summed E-state index contributed by atoms with van der Waals surface area (Å²) in [7, 11) is 0. The molecule has 0 spiro atoms. The highest BCUT2D eigenvalue weighted by Gasteiger charge is 2.12. The number of aliphatic imine (C=N–C) groups is 1. The Morgan fingerprint density at radius 1 is 1.62 bits per heavy atom. The van der Waals surface area contributed by atoms with Gasteiger partial charge in [0.25, 0.3) is 0 Å². The highest BCUT2D eigenvalue weighted by molar-refractivity contribution is 5.23. The largest absolute Gasteiger partial charge is 0.330 e. The molecule has 2 nitrogen and oxygen atoms in total. The molecule has 0 rings (SSSR count). The normalized spacial score (nSPS) is 11.4. The maximum atomic E-state index is 5.40. The van der Waals surface area contributed by atoms with E-state index in [1.165, 1.54) is 0 Å². The molecule has 2 N–H and O–H groups in total. The second kappa shape index (κ2) is 2.82. The van der Waals surface area contributed by atoms with Gasteiger partial charge in [-0.3, -0.25) is 0 Å². The van der Waals surface area contributed by atoms with E-state index >= 15 is 0 Å². The summed E-state index contributed by atoms with van der Waals surface area (Å²) in [4.78, 5) is 3.75. The molecule has 0 unspecified atom stereocenters. The van der Waals surface area contributed by atoms with Gasteiger partial charge >= 0.3 is 0 Å². The van der Waals surface area contributed by atoms with Crippen molar-refractivity contribution in [2.45, 2.75) is 13.8 Å². The highest BCUT2D eigenvalue weighted by Crippen LogP contribution is 2.11. The molecular weight excluding hydrogens is 100 g/mol. The summed E-state index contributed by atoms with van der Waals surface area (Å²) in [5, 5.41) is 0. The molecule has 0 fully saturated rings. The van der Waals surface area contributed by atoms with Crippen molar-refractivity contribution in [1.29, 1.82) is 0 Å². The summed E-state index contributed by atoms with van der Waals surface area (Å²) >= 11 is 0. The summed E-state index contributed by atoms with van der Waals surface area (Å²) in [6.07, 6.45) is 0. The maximum absolute atomic E-state index is 5.40. The van der Waals surface area contributed by atoms with Crippen molar-refractivity contribution in [3.8, 4) is 0 Å². The van der Waals surface area contributed by atoms with Crippen molar-refractivity contribution in [3.63, 3.8) is 0 Å². The van der Waals surface area contributed by atoms with Crippen LogP contribution in [0.25, 0.3) is 0 Å². The lowest BCUT2D eigenvalue weighted by molar-refractivity contribution is 0.395. The fourth-order valence-corrected chi connectivity index (χ4v) is 0.367. The quantitative estimate of drug-likeness (QED) is 0.538. The van der Waals surface area contributed by atoms with Crippen molar-refractivity contribution in [1.82, 2.24) is 0 Å². The lowest BCUT2D eigenvalue weighted by Crippen LogP contribution is -2.26. The molecule has 0 aliphatic rings. The van der Waals surface area contributed by atoms with E-state index in [4.69, 9.17) is 5.73 Å². The fraction of sp³-hybridized carbons (Fsp3) is 0.833. The molecule has 0 aromatic heterocycles. The number of hydrogen-bond donors (Lipinski definition) is 1. The van der Waals surface area contributed by atoms with Crippen LogP contribution in [-0.2, 0) is 0 Å². The predicted molar refractivity (Wildman–Crippen MR) is 37.3 cm³/mol. The molecule has 0 aliphatic heterocycles. The van der Waals surface area contributed by atoms with Gasteiger partial charge in [0, 0.05) is 6.54 Å². The minimum atomic E-state index is 0.141. The van der Waals surface area contributed by atoms with E-state index in [-0.39, 0.29) is 5.41 Å². The topological polar surface area (TPSA) is 38.4 Å². The van der Waals surface area contributed by atoms with Crippen molar-refractivity contribution in [2.75, 3.05) is 13.1 Å². The van der Waals surface area contributed by atoms with E-state index in [0.717, 1.165) is 6.54 Å². The Morgan fingerprint density at radius 3 is 2.25 bits per heavy atom. The zero-order valence-corrected chi connectivity index (χ0v) is 5.65. The summed E-state index contributed by atoms with van der Waals surface area (Å²) < 4.78 is 0. The zero-order valence-electron chi connectivity index (χ0n) is 5.65. The third kappa shape index (κ3) is 2.75. The van der Waals surface area contributed by atoms with Crippen LogP contribution in [0.5, 0.6) is 0 Å². The van der Waals surface area contributed by atoms with Crippen LogP contribution in [0, 0.1) is 5.41 Å². The zero-order chi connectivity index (χ0) is 6.62. The molecule has 0 radical (unpaired) electrons. The van der Waals surface area contributed by atoms with E-state index in [9.17, 15) is 0 Å². The molecule has 0 aliphatic carbocycles. The molecular formula is C6H14N2. The Kier molecular flexibility index (Phi) is 2.69. The van der Waals surface area contributed by atoms with Gasteiger partial charge in [-0.15, -0.1) is 0 Å². The SMILES string of the molecule is C=NCC(C)(C)CN. The van der Waals surface area contributed by atoms with E-state index in [2.05, 4.69) is 25.6 Å². The van der Waals surface area contributed by atoms with Crippen LogP contribution in [0.2, 0.25) is 0 Å². The molecule has 48 valence electrons. The molecule has 0 bridgehead atoms. The van der Waals surface area contributed by atoms with Crippen LogP contribution in [0.15, 0.2) is 4.99 Å². The molecule has 0 aromatic rings. The van der Waals surface area contributed by atoms with Gasteiger partial charge in [0.2, 0.25) is 0 Å². The first-order chi connectivity index (χ1) is 3.62. The van der Waals surface area contributed by atoms with Gasteiger partial charge in [-0.1, -0.05) is 13.8 Å². The van der Waals surface area contributed by atoms with E-state index < -0.39 is 0 Å². The predicted octanol–water partition coefficient (Wildman–Crippen LogP) is 0.672. The summed E-state index contributed by atoms with van der Waals surface area (Å²) in [5.41, 5.74) is 5.55. The smallest absolute Gasteiger partial charge is 0.0445 e. The van der Waals surface area contributed by atoms with Gasteiger partial charge in [-0.05, 0) is 18.7 Å². The van der Waals surface area contributed by atoms with Gasteiger partial charge in [0.05, 0.1) is 0 Å². The van der Waals surface area contributed by atoms with Gasteiger partial charge in [-0.25, -0.2) is 0 Å². The first kappa shape index (κ1) is 7.63. The van der Waals surface area contributed by atoms with Crippen molar-refractivity contribution < 1.29 is 0 Å². The van der Waals surface area contributed by atoms with Crippen LogP contribution in [0.1, 0.15) is 13.8 Å². The summed E-state index contributed by atoms with van der Waals surface area (Å²) in [6, 6.07) is 0. The molecule has 8 heavy (non-hydrogen) atoms. The van der Waals surface area contributed by atoms with Gasteiger partial charge in [0.1, 0.15) is 0 Å². The lowest BCUT2D eigenvalue weighted by atomic mass is 9.94. The molecule has 2 heteroatoms. The second-order valence-electron chi connectivity index (χ2n) is 2.75. The van der Waals surface area contributed by atoms with E-state index in [0.29, 0.717) is 6.54 Å². The van der Waals surface area contributed by atoms with Gasteiger partial charge in [-0.2, -0.15) is 0 Å². The minimum absolute atomic E-state index is 0.141. The number of rotatable bonds is 3. The summed E-state index contributed by atoms with van der Waals surface area (Å²) in [6.45, 7) is 8.96. The van der Waals surface area contributed by atoms with Crippen LogP contribution in [0.3, 0.4) is 0 Å². The Balaban J connectivity index is 3.53. The van der Waals surface area contributed by atoms with Crippen LogP contribution >= 0.6 is 0 Å². The molecule has 0 heterocycles. The van der Waals surface area contributed by atoms with Crippen molar-refractivity contribution >= 4 is 6.72 Å². The molecule has 0 saturated heterocycles. The number of nitrogens with two attached hydrogens (primary N) is 1. The van der Waals surface area contributed by atoms with Crippen LogP contribution < -0.4 is 5.73 Å². The third-order valence-corrected chi connectivity index (χ3v) is 1.09. The Labute approximate surface area is 50.8 Å². The van der Waals surface area contributed by atoms with Gasteiger partial charge in [0.15, 0.2) is 0 Å². The number of hydrogen-bond acceptors (Lipinski definition) is 2. The number of nitrogens with zero attached hydrogens (tertiary/aromatic N) is 1. The first-order valence-electron chi connectivity index (χ1n) is 2.75. The van der Waals surface area contributed by atoms with Crippen molar-refractivity contribution in [2.24, 2.45) is 16.1 Å². The van der Waals surface area contributed by atoms with Crippen LogP contribution in [-0.4, -0.2) is 19.8 Å².